The highest BCUT2D eigenvalue weighted by Crippen LogP contribution is 2.16. The lowest BCUT2D eigenvalue weighted by Gasteiger charge is -2.26. The number of rotatable bonds is 1. The number of fused-ring (bicyclic) bond motifs is 2. The third kappa shape index (κ3) is 2.12. The summed E-state index contributed by atoms with van der Waals surface area (Å²) in [4.78, 5) is 38.6. The summed E-state index contributed by atoms with van der Waals surface area (Å²) in [6, 6.07) is 5.41. The molecule has 7 heteroatoms. The first kappa shape index (κ1) is 13.7. The maximum atomic E-state index is 12.7. The monoisotopic (exact) mass is 309 g/mol. The average Bonchev–Trinajstić information content (AvgIpc) is 3.02. The second kappa shape index (κ2) is 5.05. The van der Waals surface area contributed by atoms with Gasteiger partial charge < -0.3 is 9.88 Å². The first-order chi connectivity index (χ1) is 11.1. The summed E-state index contributed by atoms with van der Waals surface area (Å²) in [6.07, 6.45) is 3.70. The summed E-state index contributed by atoms with van der Waals surface area (Å²) in [5.74, 6) is -0.291. The van der Waals surface area contributed by atoms with Crippen LogP contribution in [0.3, 0.4) is 0 Å². The van der Waals surface area contributed by atoms with Crippen molar-refractivity contribution in [3.05, 3.63) is 63.7 Å². The molecule has 3 aromatic rings. The predicted molar refractivity (Wildman–Crippen MR) is 83.2 cm³/mol. The van der Waals surface area contributed by atoms with E-state index >= 15 is 0 Å². The number of pyridine rings is 1. The second-order valence-corrected chi connectivity index (χ2v) is 5.64. The fourth-order valence-corrected chi connectivity index (χ4v) is 2.98. The van der Waals surface area contributed by atoms with Crippen molar-refractivity contribution in [1.82, 2.24) is 24.3 Å². The van der Waals surface area contributed by atoms with E-state index in [-0.39, 0.29) is 17.0 Å². The maximum Gasteiger partial charge on any atom is 0.270 e. The lowest BCUT2D eigenvalue weighted by molar-refractivity contribution is 0.0729. The van der Waals surface area contributed by atoms with Crippen LogP contribution in [0.2, 0.25) is 0 Å². The molecule has 1 aliphatic rings. The number of nitrogens with one attached hydrogen (secondary N) is 1. The third-order valence-corrected chi connectivity index (χ3v) is 4.22. The van der Waals surface area contributed by atoms with Gasteiger partial charge in [0.1, 0.15) is 11.2 Å². The van der Waals surface area contributed by atoms with Gasteiger partial charge in [-0.3, -0.25) is 14.0 Å². The zero-order valence-corrected chi connectivity index (χ0v) is 12.6. The summed E-state index contributed by atoms with van der Waals surface area (Å²) in [6.45, 7) is 2.80. The molecule has 23 heavy (non-hydrogen) atoms. The zero-order chi connectivity index (χ0) is 16.0. The number of aromatic nitrogens is 4. The number of carbonyl (C=O) groups is 1. The Morgan fingerprint density at radius 3 is 3.04 bits per heavy atom. The predicted octanol–water partition coefficient (Wildman–Crippen LogP) is 0.925. The van der Waals surface area contributed by atoms with Gasteiger partial charge >= 0.3 is 0 Å². The molecule has 0 atom stereocenters. The van der Waals surface area contributed by atoms with Crippen molar-refractivity contribution in [3.8, 4) is 0 Å². The number of hydrogen-bond acceptors (Lipinski definition) is 4. The fraction of sp³-hybridized carbons (Fsp3) is 0.250. The summed E-state index contributed by atoms with van der Waals surface area (Å²) in [5.41, 5.74) is 2.98. The van der Waals surface area contributed by atoms with Crippen molar-refractivity contribution in [2.24, 2.45) is 0 Å². The van der Waals surface area contributed by atoms with E-state index in [0.29, 0.717) is 25.2 Å². The Kier molecular flexibility index (Phi) is 3.00. The Hall–Kier alpha value is -2.96. The van der Waals surface area contributed by atoms with Crippen LogP contribution in [0, 0.1) is 6.92 Å². The number of hydrogen-bond donors (Lipinski definition) is 1. The summed E-state index contributed by atoms with van der Waals surface area (Å²) >= 11 is 0. The number of H-pyrrole nitrogens is 1. The van der Waals surface area contributed by atoms with Crippen LogP contribution in [-0.4, -0.2) is 36.7 Å². The molecule has 1 N–H and O–H groups in total. The standard InChI is InChI=1S/C16H15N5O2/c1-10-3-2-4-14-17-7-11(16(23)21(10)14)15(22)20-6-5-12-13(8-20)19-9-18-12/h2-4,7,9H,5-6,8H2,1H3,(H,18,19). The van der Waals surface area contributed by atoms with E-state index in [9.17, 15) is 9.59 Å². The van der Waals surface area contributed by atoms with E-state index in [4.69, 9.17) is 0 Å². The molecule has 1 aliphatic heterocycles. The quantitative estimate of drug-likeness (QED) is 0.724. The minimum Gasteiger partial charge on any atom is -0.347 e. The first-order valence-electron chi connectivity index (χ1n) is 7.43. The van der Waals surface area contributed by atoms with E-state index in [2.05, 4.69) is 15.0 Å². The molecule has 3 aromatic heterocycles. The van der Waals surface area contributed by atoms with Gasteiger partial charge in [-0.05, 0) is 19.1 Å². The number of nitrogens with zero attached hydrogens (tertiary/aromatic N) is 4. The topological polar surface area (TPSA) is 83.4 Å². The highest BCUT2D eigenvalue weighted by atomic mass is 16.2. The van der Waals surface area contributed by atoms with Crippen LogP contribution in [0.25, 0.3) is 5.65 Å². The van der Waals surface area contributed by atoms with Gasteiger partial charge in [-0.1, -0.05) is 6.07 Å². The third-order valence-electron chi connectivity index (χ3n) is 4.22. The molecule has 0 saturated carbocycles. The molecule has 0 aromatic carbocycles. The van der Waals surface area contributed by atoms with Crippen LogP contribution in [0.4, 0.5) is 0 Å². The van der Waals surface area contributed by atoms with Crippen molar-refractivity contribution >= 4 is 11.6 Å². The molecule has 0 spiro atoms. The van der Waals surface area contributed by atoms with Crippen LogP contribution in [0.5, 0.6) is 0 Å². The molecule has 116 valence electrons. The SMILES string of the molecule is Cc1cccc2ncc(C(=O)N3CCc4nc[nH]c4C3)c(=O)n12. The van der Waals surface area contributed by atoms with Gasteiger partial charge in [0.05, 0.1) is 24.3 Å². The molecular formula is C16H15N5O2. The Balaban J connectivity index is 1.75. The molecule has 4 heterocycles. The summed E-state index contributed by atoms with van der Waals surface area (Å²) < 4.78 is 1.47. The molecule has 1 amide bonds. The Labute approximate surface area is 131 Å². The largest absolute Gasteiger partial charge is 0.347 e. The van der Waals surface area contributed by atoms with Crippen LogP contribution in [-0.2, 0) is 13.0 Å². The van der Waals surface area contributed by atoms with Gasteiger partial charge in [0.15, 0.2) is 0 Å². The Bertz CT molecular complexity index is 972. The Morgan fingerprint density at radius 1 is 1.30 bits per heavy atom. The van der Waals surface area contributed by atoms with Crippen molar-refractivity contribution in [3.63, 3.8) is 0 Å². The molecule has 0 aliphatic carbocycles. The van der Waals surface area contributed by atoms with Gasteiger partial charge in [0.25, 0.3) is 11.5 Å². The number of carbonyl (C=O) groups excluding carboxylic acids is 1. The van der Waals surface area contributed by atoms with Gasteiger partial charge in [0, 0.05) is 24.9 Å². The van der Waals surface area contributed by atoms with Crippen molar-refractivity contribution < 1.29 is 4.79 Å². The smallest absolute Gasteiger partial charge is 0.270 e. The lowest BCUT2D eigenvalue weighted by Crippen LogP contribution is -2.39. The minimum atomic E-state index is -0.325. The first-order valence-corrected chi connectivity index (χ1v) is 7.43. The molecule has 0 bridgehead atoms. The van der Waals surface area contributed by atoms with Gasteiger partial charge in [-0.15, -0.1) is 0 Å². The molecular weight excluding hydrogens is 294 g/mol. The highest BCUT2D eigenvalue weighted by Gasteiger charge is 2.25. The number of amides is 1. The van der Waals surface area contributed by atoms with Crippen LogP contribution in [0.15, 0.2) is 35.5 Å². The molecule has 4 rings (SSSR count). The van der Waals surface area contributed by atoms with Crippen molar-refractivity contribution in [2.45, 2.75) is 19.9 Å². The maximum absolute atomic E-state index is 12.7. The van der Waals surface area contributed by atoms with E-state index < -0.39 is 0 Å². The number of aromatic amines is 1. The minimum absolute atomic E-state index is 0.0970. The second-order valence-electron chi connectivity index (χ2n) is 5.64. The normalized spacial score (nSPS) is 14.0. The van der Waals surface area contributed by atoms with E-state index in [1.54, 1.807) is 17.3 Å². The highest BCUT2D eigenvalue weighted by molar-refractivity contribution is 5.93. The summed E-state index contributed by atoms with van der Waals surface area (Å²) in [5, 5.41) is 0. The van der Waals surface area contributed by atoms with Gasteiger partial charge in [-0.25, -0.2) is 9.97 Å². The average molecular weight is 309 g/mol. The lowest BCUT2D eigenvalue weighted by atomic mass is 10.1. The number of imidazole rings is 1. The number of aryl methyl sites for hydroxylation is 1. The van der Waals surface area contributed by atoms with Crippen LogP contribution in [0.1, 0.15) is 27.4 Å². The molecule has 7 nitrogen and oxygen atoms in total. The zero-order valence-electron chi connectivity index (χ0n) is 12.6. The van der Waals surface area contributed by atoms with Crippen LogP contribution >= 0.6 is 0 Å². The van der Waals surface area contributed by atoms with Gasteiger partial charge in [-0.2, -0.15) is 0 Å². The fourth-order valence-electron chi connectivity index (χ4n) is 2.98. The van der Waals surface area contributed by atoms with E-state index in [1.807, 2.05) is 19.1 Å². The molecule has 0 saturated heterocycles. The van der Waals surface area contributed by atoms with E-state index in [1.165, 1.54) is 10.6 Å². The molecule has 0 unspecified atom stereocenters. The van der Waals surface area contributed by atoms with E-state index in [0.717, 1.165) is 17.1 Å². The Morgan fingerprint density at radius 2 is 2.17 bits per heavy atom. The molecule has 0 fully saturated rings. The van der Waals surface area contributed by atoms with Gasteiger partial charge in [0.2, 0.25) is 0 Å². The van der Waals surface area contributed by atoms with Crippen LogP contribution < -0.4 is 5.56 Å². The summed E-state index contributed by atoms with van der Waals surface area (Å²) in [7, 11) is 0. The molecule has 0 radical (unpaired) electrons. The van der Waals surface area contributed by atoms with Crippen molar-refractivity contribution in [1.29, 1.82) is 0 Å². The van der Waals surface area contributed by atoms with Crippen molar-refractivity contribution in [2.75, 3.05) is 6.54 Å².